The molecular weight excluding hydrogens is 188 g/mol. The zero-order valence-electron chi connectivity index (χ0n) is 8.16. The number of amides is 1. The highest BCUT2D eigenvalue weighted by Gasteiger charge is 2.19. The number of nitrogens with one attached hydrogen (secondary N) is 2. The van der Waals surface area contributed by atoms with Crippen LogP contribution in [0.1, 0.15) is 13.3 Å². The molecule has 1 amide bonds. The molecule has 0 aromatic heterocycles. The molecule has 0 radical (unpaired) electrons. The maximum atomic E-state index is 11.2. The molecule has 0 bridgehead atoms. The van der Waals surface area contributed by atoms with Gasteiger partial charge in [0.05, 0.1) is 19.0 Å². The molecule has 0 heterocycles. The van der Waals surface area contributed by atoms with Crippen LogP contribution in [0.25, 0.3) is 0 Å². The van der Waals surface area contributed by atoms with Gasteiger partial charge in [-0.3, -0.25) is 14.4 Å². The van der Waals surface area contributed by atoms with Crippen LogP contribution in [0.15, 0.2) is 0 Å². The second-order valence-electron chi connectivity index (χ2n) is 2.86. The number of hydrogen-bond donors (Lipinski definition) is 3. The van der Waals surface area contributed by atoms with Gasteiger partial charge in [-0.05, 0) is 14.0 Å². The third-order valence-electron chi connectivity index (χ3n) is 1.56. The minimum Gasteiger partial charge on any atom is -0.481 e. The Morgan fingerprint density at radius 2 is 1.93 bits per heavy atom. The van der Waals surface area contributed by atoms with Crippen molar-refractivity contribution in [2.75, 3.05) is 13.6 Å². The van der Waals surface area contributed by atoms with E-state index in [1.54, 1.807) is 0 Å². The van der Waals surface area contributed by atoms with E-state index in [4.69, 9.17) is 5.11 Å². The first kappa shape index (κ1) is 12.6. The van der Waals surface area contributed by atoms with Crippen LogP contribution in [0, 0.1) is 0 Å². The zero-order chi connectivity index (χ0) is 11.1. The molecule has 3 N–H and O–H groups in total. The van der Waals surface area contributed by atoms with E-state index in [0.29, 0.717) is 0 Å². The van der Waals surface area contributed by atoms with Gasteiger partial charge in [0.1, 0.15) is 5.78 Å². The van der Waals surface area contributed by atoms with Gasteiger partial charge in [-0.25, -0.2) is 0 Å². The second kappa shape index (κ2) is 6.09. The van der Waals surface area contributed by atoms with Gasteiger partial charge in [-0.1, -0.05) is 0 Å². The summed E-state index contributed by atoms with van der Waals surface area (Å²) < 4.78 is 0. The molecule has 6 heteroatoms. The monoisotopic (exact) mass is 202 g/mol. The Kier molecular flexibility index (Phi) is 5.47. The smallest absolute Gasteiger partial charge is 0.305 e. The molecular formula is C8H14N2O4. The maximum absolute atomic E-state index is 11.2. The molecule has 0 saturated heterocycles. The van der Waals surface area contributed by atoms with Gasteiger partial charge in [0, 0.05) is 0 Å². The van der Waals surface area contributed by atoms with Gasteiger partial charge in [0.2, 0.25) is 5.91 Å². The molecule has 0 saturated carbocycles. The van der Waals surface area contributed by atoms with Crippen molar-refractivity contribution in [2.45, 2.75) is 19.4 Å². The minimum atomic E-state index is -1.07. The van der Waals surface area contributed by atoms with Crippen molar-refractivity contribution < 1.29 is 19.5 Å². The number of aliphatic carboxylic acids is 1. The topological polar surface area (TPSA) is 95.5 Å². The number of carboxylic acid groups (broad SMARTS) is 1. The number of hydrogen-bond acceptors (Lipinski definition) is 4. The molecule has 0 fully saturated rings. The highest BCUT2D eigenvalue weighted by molar-refractivity contribution is 5.89. The SMILES string of the molecule is CN[C@H](CC(=O)O)C(=O)NCC(C)=O. The first-order valence-electron chi connectivity index (χ1n) is 4.13. The van der Waals surface area contributed by atoms with Gasteiger partial charge >= 0.3 is 5.97 Å². The van der Waals surface area contributed by atoms with Crippen molar-refractivity contribution in [1.29, 1.82) is 0 Å². The van der Waals surface area contributed by atoms with E-state index >= 15 is 0 Å². The van der Waals surface area contributed by atoms with E-state index in [2.05, 4.69) is 10.6 Å². The van der Waals surface area contributed by atoms with Crippen LogP contribution in [0.2, 0.25) is 0 Å². The lowest BCUT2D eigenvalue weighted by atomic mass is 10.2. The Labute approximate surface area is 81.7 Å². The van der Waals surface area contributed by atoms with Crippen LogP contribution in [0.4, 0.5) is 0 Å². The van der Waals surface area contributed by atoms with E-state index in [1.165, 1.54) is 14.0 Å². The number of Topliss-reactive ketones (excluding diaryl/α,β-unsaturated/α-hetero) is 1. The van der Waals surface area contributed by atoms with Crippen LogP contribution >= 0.6 is 0 Å². The van der Waals surface area contributed by atoms with E-state index in [-0.39, 0.29) is 18.7 Å². The number of carbonyl (C=O) groups is 3. The van der Waals surface area contributed by atoms with Crippen LogP contribution in [0.3, 0.4) is 0 Å². The largest absolute Gasteiger partial charge is 0.481 e. The lowest BCUT2D eigenvalue weighted by Crippen LogP contribution is -2.45. The maximum Gasteiger partial charge on any atom is 0.305 e. The van der Waals surface area contributed by atoms with Gasteiger partial charge in [0.25, 0.3) is 0 Å². The summed E-state index contributed by atoms with van der Waals surface area (Å²) in [5.41, 5.74) is 0. The van der Waals surface area contributed by atoms with E-state index in [0.717, 1.165) is 0 Å². The fourth-order valence-electron chi connectivity index (χ4n) is 0.835. The molecule has 0 aliphatic carbocycles. The van der Waals surface area contributed by atoms with Crippen LogP contribution in [0.5, 0.6) is 0 Å². The molecule has 0 aromatic carbocycles. The summed E-state index contributed by atoms with van der Waals surface area (Å²) in [5, 5.41) is 13.3. The predicted molar refractivity (Wildman–Crippen MR) is 48.8 cm³/mol. The molecule has 6 nitrogen and oxygen atoms in total. The number of carboxylic acids is 1. The number of ketones is 1. The van der Waals surface area contributed by atoms with Crippen molar-refractivity contribution >= 4 is 17.7 Å². The van der Waals surface area contributed by atoms with E-state index in [1.807, 2.05) is 0 Å². The fourth-order valence-corrected chi connectivity index (χ4v) is 0.835. The quantitative estimate of drug-likeness (QED) is 0.500. The number of carbonyl (C=O) groups excluding carboxylic acids is 2. The summed E-state index contributed by atoms with van der Waals surface area (Å²) in [6, 6.07) is -0.799. The summed E-state index contributed by atoms with van der Waals surface area (Å²) in [6.07, 6.45) is -0.305. The van der Waals surface area contributed by atoms with Crippen molar-refractivity contribution in [2.24, 2.45) is 0 Å². The number of rotatable bonds is 6. The summed E-state index contributed by atoms with van der Waals surface area (Å²) in [6.45, 7) is 1.27. The average molecular weight is 202 g/mol. The lowest BCUT2D eigenvalue weighted by molar-refractivity contribution is -0.139. The first-order chi connectivity index (χ1) is 6.47. The summed E-state index contributed by atoms with van der Waals surface area (Å²) in [5.74, 6) is -1.73. The Balaban J connectivity index is 4.04. The third-order valence-corrected chi connectivity index (χ3v) is 1.56. The van der Waals surface area contributed by atoms with Gasteiger partial charge < -0.3 is 15.7 Å². The van der Waals surface area contributed by atoms with Crippen molar-refractivity contribution in [3.8, 4) is 0 Å². The molecule has 1 atom stereocenters. The average Bonchev–Trinajstić information content (AvgIpc) is 2.09. The van der Waals surface area contributed by atoms with Crippen LogP contribution in [-0.4, -0.2) is 42.4 Å². The highest BCUT2D eigenvalue weighted by Crippen LogP contribution is 1.91. The molecule has 0 aliphatic rings. The molecule has 0 aromatic rings. The van der Waals surface area contributed by atoms with Gasteiger partial charge in [-0.15, -0.1) is 0 Å². The van der Waals surface area contributed by atoms with Gasteiger partial charge in [-0.2, -0.15) is 0 Å². The molecule has 0 aliphatic heterocycles. The number of likely N-dealkylation sites (N-methyl/N-ethyl adjacent to an activating group) is 1. The second-order valence-corrected chi connectivity index (χ2v) is 2.86. The Morgan fingerprint density at radius 3 is 2.29 bits per heavy atom. The first-order valence-corrected chi connectivity index (χ1v) is 4.13. The zero-order valence-corrected chi connectivity index (χ0v) is 8.16. The minimum absolute atomic E-state index is 0.0728. The lowest BCUT2D eigenvalue weighted by Gasteiger charge is -2.12. The Morgan fingerprint density at radius 1 is 1.36 bits per heavy atom. The molecule has 80 valence electrons. The van der Waals surface area contributed by atoms with Gasteiger partial charge in [0.15, 0.2) is 0 Å². The van der Waals surface area contributed by atoms with E-state index < -0.39 is 17.9 Å². The highest BCUT2D eigenvalue weighted by atomic mass is 16.4. The fraction of sp³-hybridized carbons (Fsp3) is 0.625. The third kappa shape index (κ3) is 5.26. The Bertz CT molecular complexity index is 239. The molecule has 0 spiro atoms. The van der Waals surface area contributed by atoms with Crippen molar-refractivity contribution in [1.82, 2.24) is 10.6 Å². The van der Waals surface area contributed by atoms with Crippen molar-refractivity contribution in [3.63, 3.8) is 0 Å². The van der Waals surface area contributed by atoms with Crippen LogP contribution in [-0.2, 0) is 14.4 Å². The Hall–Kier alpha value is -1.43. The summed E-state index contributed by atoms with van der Waals surface area (Å²) in [4.78, 5) is 32.1. The molecule has 0 rings (SSSR count). The standard InChI is InChI=1S/C8H14N2O4/c1-5(11)4-10-8(14)6(9-2)3-7(12)13/h6,9H,3-4H2,1-2H3,(H,10,14)(H,12,13)/t6-/m1/s1. The van der Waals surface area contributed by atoms with Crippen LogP contribution < -0.4 is 10.6 Å². The summed E-state index contributed by atoms with van der Waals surface area (Å²) in [7, 11) is 1.49. The summed E-state index contributed by atoms with van der Waals surface area (Å²) >= 11 is 0. The molecule has 14 heavy (non-hydrogen) atoms. The van der Waals surface area contributed by atoms with Crippen molar-refractivity contribution in [3.05, 3.63) is 0 Å². The predicted octanol–water partition coefficient (Wildman–Crippen LogP) is -1.25. The van der Waals surface area contributed by atoms with E-state index in [9.17, 15) is 14.4 Å². The molecule has 0 unspecified atom stereocenters. The normalized spacial score (nSPS) is 11.9.